The summed E-state index contributed by atoms with van der Waals surface area (Å²) in [5, 5.41) is 15.2. The number of non-ortho nitro benzene ring substituents is 1. The lowest BCUT2D eigenvalue weighted by Gasteiger charge is -2.34. The Bertz CT molecular complexity index is 1820. The summed E-state index contributed by atoms with van der Waals surface area (Å²) in [5.74, 6) is -1.03. The van der Waals surface area contributed by atoms with Crippen LogP contribution in [0.25, 0.3) is 0 Å². The number of nitro groups is 1. The summed E-state index contributed by atoms with van der Waals surface area (Å²) >= 11 is 6.55. The van der Waals surface area contributed by atoms with E-state index in [-0.39, 0.29) is 41.2 Å². The molecule has 5 rings (SSSR count). The van der Waals surface area contributed by atoms with E-state index in [9.17, 15) is 28.1 Å². The lowest BCUT2D eigenvalue weighted by molar-refractivity contribution is -0.384. The number of sulfonamides is 1. The Morgan fingerprint density at radius 3 is 2.19 bits per heavy atom. The number of halogens is 1. The molecule has 0 bridgehead atoms. The molecule has 2 amide bonds. The van der Waals surface area contributed by atoms with Crippen LogP contribution in [-0.4, -0.2) is 48.7 Å². The number of hydrogen-bond donors (Lipinski definition) is 1. The largest absolute Gasteiger partial charge is 0.352 e. The van der Waals surface area contributed by atoms with Gasteiger partial charge in [-0.15, -0.1) is 0 Å². The summed E-state index contributed by atoms with van der Waals surface area (Å²) in [5.41, 5.74) is 0.976. The smallest absolute Gasteiger partial charge is 0.271 e. The Morgan fingerprint density at radius 2 is 1.53 bits per heavy atom. The Labute approximate surface area is 279 Å². The number of nitro benzene ring substituents is 1. The van der Waals surface area contributed by atoms with Crippen molar-refractivity contribution in [1.82, 2.24) is 10.2 Å². The first-order valence-electron chi connectivity index (χ1n) is 15.3. The summed E-state index contributed by atoms with van der Waals surface area (Å²) in [7, 11) is -4.39. The SMILES string of the molecule is O=C(NC1CCCC1)[C@H](Cc1ccccc1)N(Cc1ccccc1Cl)C(=O)CN(c1cccc([N+](=O)[O-])c1)S(=O)(=O)c1ccccc1. The number of anilines is 1. The van der Waals surface area contributed by atoms with Crippen LogP contribution >= 0.6 is 11.6 Å². The van der Waals surface area contributed by atoms with Gasteiger partial charge in [0.2, 0.25) is 11.8 Å². The Hall–Kier alpha value is -4.74. The normalized spacial score (nSPS) is 13.9. The van der Waals surface area contributed by atoms with Gasteiger partial charge in [0.05, 0.1) is 15.5 Å². The van der Waals surface area contributed by atoms with Crippen LogP contribution in [-0.2, 0) is 32.6 Å². The van der Waals surface area contributed by atoms with Crippen molar-refractivity contribution in [2.75, 3.05) is 10.8 Å². The molecule has 1 aliphatic carbocycles. The minimum Gasteiger partial charge on any atom is -0.352 e. The van der Waals surface area contributed by atoms with Gasteiger partial charge in [-0.05, 0) is 48.2 Å². The van der Waals surface area contributed by atoms with E-state index in [0.717, 1.165) is 41.6 Å². The third kappa shape index (κ3) is 8.35. The average Bonchev–Trinajstić information content (AvgIpc) is 3.59. The Kier molecular flexibility index (Phi) is 10.9. The topological polar surface area (TPSA) is 130 Å². The zero-order chi connectivity index (χ0) is 33.4. The first-order chi connectivity index (χ1) is 22.6. The molecule has 244 valence electrons. The molecule has 0 saturated heterocycles. The first-order valence-corrected chi connectivity index (χ1v) is 17.1. The number of rotatable bonds is 13. The maximum Gasteiger partial charge on any atom is 0.271 e. The fraction of sp³-hybridized carbons (Fsp3) is 0.257. The molecule has 0 unspecified atom stereocenters. The van der Waals surface area contributed by atoms with Crippen LogP contribution in [0.5, 0.6) is 0 Å². The van der Waals surface area contributed by atoms with Gasteiger partial charge >= 0.3 is 0 Å². The first kappa shape index (κ1) is 33.6. The van der Waals surface area contributed by atoms with Crippen molar-refractivity contribution in [1.29, 1.82) is 0 Å². The standard InChI is InChI=1S/C35H35ClN4O6S/c36-32-21-10-7-14-27(32)24-38(33(22-26-12-3-1-4-13-26)35(42)37-28-15-8-9-16-28)34(41)25-39(29-17-11-18-30(23-29)40(43)44)47(45,46)31-19-5-2-6-20-31/h1-7,10-14,17-21,23,28,33H,8-9,15-16,22,24-25H2,(H,37,42)/t33-/m0/s1. The van der Waals surface area contributed by atoms with Gasteiger partial charge in [-0.1, -0.05) is 97.2 Å². The van der Waals surface area contributed by atoms with Crippen molar-refractivity contribution in [2.24, 2.45) is 0 Å². The van der Waals surface area contributed by atoms with E-state index in [0.29, 0.717) is 10.6 Å². The molecule has 0 radical (unpaired) electrons. The highest BCUT2D eigenvalue weighted by Gasteiger charge is 2.36. The van der Waals surface area contributed by atoms with Gasteiger partial charge in [0.15, 0.2) is 0 Å². The molecular formula is C35H35ClN4O6S. The molecule has 0 heterocycles. The molecule has 1 N–H and O–H groups in total. The summed E-state index contributed by atoms with van der Waals surface area (Å²) in [6.07, 6.45) is 3.81. The van der Waals surface area contributed by atoms with E-state index in [2.05, 4.69) is 5.32 Å². The average molecular weight is 675 g/mol. The van der Waals surface area contributed by atoms with Crippen molar-refractivity contribution in [3.8, 4) is 0 Å². The molecule has 1 aliphatic rings. The van der Waals surface area contributed by atoms with Crippen LogP contribution in [0.3, 0.4) is 0 Å². The van der Waals surface area contributed by atoms with Crippen molar-refractivity contribution < 1.29 is 22.9 Å². The molecule has 4 aromatic rings. The van der Waals surface area contributed by atoms with Crippen LogP contribution in [0.2, 0.25) is 5.02 Å². The maximum atomic E-state index is 14.6. The number of carbonyl (C=O) groups excluding carboxylic acids is 2. The van der Waals surface area contributed by atoms with Crippen LogP contribution in [0.1, 0.15) is 36.8 Å². The molecular weight excluding hydrogens is 640 g/mol. The van der Waals surface area contributed by atoms with Crippen molar-refractivity contribution in [3.05, 3.63) is 135 Å². The molecule has 4 aromatic carbocycles. The third-order valence-corrected chi connectivity index (χ3v) is 10.4. The molecule has 0 spiro atoms. The van der Waals surface area contributed by atoms with E-state index < -0.39 is 33.4 Å². The molecule has 1 atom stereocenters. The minimum absolute atomic E-state index is 0.0298. The number of carbonyl (C=O) groups is 2. The van der Waals surface area contributed by atoms with Crippen LogP contribution in [0.4, 0.5) is 11.4 Å². The Morgan fingerprint density at radius 1 is 0.894 bits per heavy atom. The number of hydrogen-bond acceptors (Lipinski definition) is 6. The van der Waals surface area contributed by atoms with Gasteiger partial charge in [0, 0.05) is 36.2 Å². The Balaban J connectivity index is 1.59. The lowest BCUT2D eigenvalue weighted by atomic mass is 10.0. The quantitative estimate of drug-likeness (QED) is 0.134. The fourth-order valence-corrected chi connectivity index (χ4v) is 7.36. The van der Waals surface area contributed by atoms with E-state index in [1.807, 2.05) is 30.3 Å². The monoisotopic (exact) mass is 674 g/mol. The second kappa shape index (κ2) is 15.2. The van der Waals surface area contributed by atoms with Gasteiger partial charge in [0.1, 0.15) is 12.6 Å². The number of amides is 2. The summed E-state index contributed by atoms with van der Waals surface area (Å²) in [6, 6.07) is 27.8. The van der Waals surface area contributed by atoms with E-state index >= 15 is 0 Å². The van der Waals surface area contributed by atoms with Gasteiger partial charge in [-0.25, -0.2) is 8.42 Å². The van der Waals surface area contributed by atoms with E-state index in [1.165, 1.54) is 35.2 Å². The summed E-state index contributed by atoms with van der Waals surface area (Å²) in [4.78, 5) is 40.9. The zero-order valence-corrected chi connectivity index (χ0v) is 27.1. The van der Waals surface area contributed by atoms with Crippen LogP contribution in [0, 0.1) is 10.1 Å². The highest BCUT2D eigenvalue weighted by molar-refractivity contribution is 7.92. The summed E-state index contributed by atoms with van der Waals surface area (Å²) < 4.78 is 29.0. The predicted molar refractivity (Wildman–Crippen MR) is 180 cm³/mol. The molecule has 1 fully saturated rings. The minimum atomic E-state index is -4.39. The van der Waals surface area contributed by atoms with E-state index in [1.54, 1.807) is 42.5 Å². The molecule has 1 saturated carbocycles. The van der Waals surface area contributed by atoms with E-state index in [4.69, 9.17) is 11.6 Å². The number of nitrogens with one attached hydrogen (secondary N) is 1. The fourth-order valence-electron chi connectivity index (χ4n) is 5.74. The zero-order valence-electron chi connectivity index (χ0n) is 25.6. The predicted octanol–water partition coefficient (Wildman–Crippen LogP) is 6.14. The maximum absolute atomic E-state index is 14.6. The van der Waals surface area contributed by atoms with Crippen molar-refractivity contribution in [2.45, 2.75) is 55.6 Å². The lowest BCUT2D eigenvalue weighted by Crippen LogP contribution is -2.54. The number of benzene rings is 4. The van der Waals surface area contributed by atoms with Crippen LogP contribution < -0.4 is 9.62 Å². The molecule has 10 nitrogen and oxygen atoms in total. The van der Waals surface area contributed by atoms with Gasteiger partial charge < -0.3 is 10.2 Å². The van der Waals surface area contributed by atoms with Crippen molar-refractivity contribution >= 4 is 44.8 Å². The highest BCUT2D eigenvalue weighted by Crippen LogP contribution is 2.29. The van der Waals surface area contributed by atoms with Gasteiger partial charge in [-0.2, -0.15) is 0 Å². The summed E-state index contributed by atoms with van der Waals surface area (Å²) in [6.45, 7) is -0.812. The van der Waals surface area contributed by atoms with Crippen LogP contribution in [0.15, 0.2) is 114 Å². The molecule has 47 heavy (non-hydrogen) atoms. The molecule has 12 heteroatoms. The number of nitrogens with zero attached hydrogens (tertiary/aromatic N) is 3. The molecule has 0 aromatic heterocycles. The van der Waals surface area contributed by atoms with Gasteiger partial charge in [0.25, 0.3) is 15.7 Å². The third-order valence-electron chi connectivity index (χ3n) is 8.21. The molecule has 0 aliphatic heterocycles. The second-order valence-corrected chi connectivity index (χ2v) is 13.7. The van der Waals surface area contributed by atoms with Gasteiger partial charge in [-0.3, -0.25) is 24.0 Å². The highest BCUT2D eigenvalue weighted by atomic mass is 35.5. The van der Waals surface area contributed by atoms with Crippen molar-refractivity contribution in [3.63, 3.8) is 0 Å². The second-order valence-electron chi connectivity index (χ2n) is 11.4.